The van der Waals surface area contributed by atoms with Gasteiger partial charge in [-0.2, -0.15) is 17.0 Å². The fourth-order valence-electron chi connectivity index (χ4n) is 3.54. The van der Waals surface area contributed by atoms with E-state index in [0.29, 0.717) is 23.5 Å². The summed E-state index contributed by atoms with van der Waals surface area (Å²) >= 11 is 1.72. The number of carbonyl (C=O) groups excluding carboxylic acids is 1. The van der Waals surface area contributed by atoms with Crippen LogP contribution in [-0.2, 0) is 24.0 Å². The average Bonchev–Trinajstić information content (AvgIpc) is 3.06. The molecule has 148 valence electrons. The van der Waals surface area contributed by atoms with Crippen LogP contribution in [0.25, 0.3) is 11.1 Å². The zero-order valence-corrected chi connectivity index (χ0v) is 17.5. The van der Waals surface area contributed by atoms with Crippen molar-refractivity contribution in [2.24, 2.45) is 7.05 Å². The molecule has 0 saturated heterocycles. The highest BCUT2D eigenvalue weighted by molar-refractivity contribution is 7.97. The minimum absolute atomic E-state index is 0.356. The molecule has 0 fully saturated rings. The van der Waals surface area contributed by atoms with Crippen molar-refractivity contribution in [2.75, 3.05) is 11.2 Å². The van der Waals surface area contributed by atoms with E-state index in [1.807, 2.05) is 43.1 Å². The van der Waals surface area contributed by atoms with Crippen LogP contribution in [0.3, 0.4) is 0 Å². The van der Waals surface area contributed by atoms with Gasteiger partial charge < -0.3 is 4.57 Å². The summed E-state index contributed by atoms with van der Waals surface area (Å²) in [6.45, 7) is 2.02. The van der Waals surface area contributed by atoms with Crippen LogP contribution in [0, 0.1) is 17.1 Å². The van der Waals surface area contributed by atoms with Gasteiger partial charge in [0.1, 0.15) is 17.6 Å². The predicted molar refractivity (Wildman–Crippen MR) is 117 cm³/mol. The van der Waals surface area contributed by atoms with Crippen molar-refractivity contribution >= 4 is 29.5 Å². The number of anilines is 2. The standard InChI is InChI=1S/C23H22FN3OS/c1-4-19-21(13-26(2)23(19)12-25)20-11-16(14-29-3)5-10-22(20)27(15-28)18-8-6-17(24)7-9-18/h5-11,13,15H,4,14H2,1-3H3. The summed E-state index contributed by atoms with van der Waals surface area (Å²) in [5.74, 6) is 0.481. The lowest BCUT2D eigenvalue weighted by Crippen LogP contribution is -2.15. The highest BCUT2D eigenvalue weighted by atomic mass is 32.2. The number of hydrogen-bond acceptors (Lipinski definition) is 3. The number of rotatable bonds is 7. The van der Waals surface area contributed by atoms with E-state index in [0.717, 1.165) is 34.4 Å². The normalized spacial score (nSPS) is 10.6. The molecule has 0 saturated carbocycles. The number of aromatic nitrogens is 1. The van der Waals surface area contributed by atoms with E-state index in [-0.39, 0.29) is 5.82 Å². The molecule has 0 aliphatic rings. The van der Waals surface area contributed by atoms with Gasteiger partial charge in [0, 0.05) is 35.8 Å². The van der Waals surface area contributed by atoms with Crippen LogP contribution in [0.5, 0.6) is 0 Å². The number of halogens is 1. The van der Waals surface area contributed by atoms with E-state index < -0.39 is 0 Å². The third-order valence-electron chi connectivity index (χ3n) is 4.88. The number of benzene rings is 2. The van der Waals surface area contributed by atoms with E-state index >= 15 is 0 Å². The molecule has 1 heterocycles. The van der Waals surface area contributed by atoms with Crippen molar-refractivity contribution in [2.45, 2.75) is 19.1 Å². The molecular weight excluding hydrogens is 385 g/mol. The number of aryl methyl sites for hydroxylation is 1. The predicted octanol–water partition coefficient (Wildman–Crippen LogP) is 5.42. The first-order chi connectivity index (χ1) is 14.0. The van der Waals surface area contributed by atoms with Crippen molar-refractivity contribution < 1.29 is 9.18 Å². The zero-order chi connectivity index (χ0) is 21.0. The second kappa shape index (κ2) is 8.97. The Bertz CT molecular complexity index is 1070. The molecule has 4 nitrogen and oxygen atoms in total. The summed E-state index contributed by atoms with van der Waals surface area (Å²) in [7, 11) is 1.85. The van der Waals surface area contributed by atoms with Crippen molar-refractivity contribution in [1.82, 2.24) is 4.57 Å². The Balaban J connectivity index is 2.25. The Morgan fingerprint density at radius 2 is 1.93 bits per heavy atom. The van der Waals surface area contributed by atoms with Gasteiger partial charge >= 0.3 is 0 Å². The molecule has 2 aromatic carbocycles. The number of nitriles is 1. The molecule has 0 bridgehead atoms. The summed E-state index contributed by atoms with van der Waals surface area (Å²) in [5.41, 5.74) is 5.77. The maximum absolute atomic E-state index is 13.4. The molecule has 1 amide bonds. The second-order valence-corrected chi connectivity index (χ2v) is 7.55. The summed E-state index contributed by atoms with van der Waals surface area (Å²) < 4.78 is 15.2. The third-order valence-corrected chi connectivity index (χ3v) is 5.50. The van der Waals surface area contributed by atoms with E-state index in [9.17, 15) is 14.4 Å². The lowest BCUT2D eigenvalue weighted by Gasteiger charge is -2.22. The average molecular weight is 408 g/mol. The van der Waals surface area contributed by atoms with Gasteiger partial charge in [-0.3, -0.25) is 9.69 Å². The summed E-state index contributed by atoms with van der Waals surface area (Å²) in [6, 6.07) is 14.1. The molecule has 6 heteroatoms. The van der Waals surface area contributed by atoms with Gasteiger partial charge in [-0.05, 0) is 60.2 Å². The minimum Gasteiger partial charge on any atom is -0.342 e. The van der Waals surface area contributed by atoms with E-state index in [1.165, 1.54) is 17.0 Å². The number of nitrogens with zero attached hydrogens (tertiary/aromatic N) is 3. The first-order valence-electron chi connectivity index (χ1n) is 9.24. The lowest BCUT2D eigenvalue weighted by atomic mass is 9.97. The molecule has 0 atom stereocenters. The van der Waals surface area contributed by atoms with Gasteiger partial charge in [-0.25, -0.2) is 4.39 Å². The van der Waals surface area contributed by atoms with Crippen LogP contribution >= 0.6 is 11.8 Å². The molecule has 0 spiro atoms. The van der Waals surface area contributed by atoms with Gasteiger partial charge in [-0.1, -0.05) is 13.0 Å². The highest BCUT2D eigenvalue weighted by Crippen LogP contribution is 2.39. The summed E-state index contributed by atoms with van der Waals surface area (Å²) in [4.78, 5) is 13.5. The molecule has 0 aliphatic carbocycles. The first kappa shape index (κ1) is 20.7. The van der Waals surface area contributed by atoms with Crippen molar-refractivity contribution in [3.05, 3.63) is 71.3 Å². The molecule has 3 aromatic rings. The molecule has 0 N–H and O–H groups in total. The molecular formula is C23H22FN3OS. The SMILES string of the molecule is CCc1c(-c2cc(CSC)ccc2N(C=O)c2ccc(F)cc2)cn(C)c1C#N. The van der Waals surface area contributed by atoms with E-state index in [2.05, 4.69) is 12.1 Å². The maximum Gasteiger partial charge on any atom is 0.218 e. The quantitative estimate of drug-likeness (QED) is 0.491. The largest absolute Gasteiger partial charge is 0.342 e. The van der Waals surface area contributed by atoms with Crippen LogP contribution in [0.1, 0.15) is 23.7 Å². The fraction of sp³-hybridized carbons (Fsp3) is 0.217. The Morgan fingerprint density at radius 3 is 2.52 bits per heavy atom. The van der Waals surface area contributed by atoms with Crippen molar-refractivity contribution in [3.8, 4) is 17.2 Å². The topological polar surface area (TPSA) is 49.0 Å². The van der Waals surface area contributed by atoms with Crippen molar-refractivity contribution in [3.63, 3.8) is 0 Å². The molecule has 0 unspecified atom stereocenters. The smallest absolute Gasteiger partial charge is 0.218 e. The van der Waals surface area contributed by atoms with Crippen LogP contribution in [-0.4, -0.2) is 17.2 Å². The molecule has 0 radical (unpaired) electrons. The Kier molecular flexibility index (Phi) is 6.40. The van der Waals surface area contributed by atoms with Crippen LogP contribution in [0.15, 0.2) is 48.7 Å². The second-order valence-electron chi connectivity index (χ2n) is 6.68. The molecule has 3 rings (SSSR count). The van der Waals surface area contributed by atoms with E-state index in [4.69, 9.17) is 0 Å². The van der Waals surface area contributed by atoms with Gasteiger partial charge in [0.15, 0.2) is 0 Å². The Labute approximate surface area is 174 Å². The Morgan fingerprint density at radius 1 is 1.21 bits per heavy atom. The first-order valence-corrected chi connectivity index (χ1v) is 10.6. The molecule has 0 aliphatic heterocycles. The van der Waals surface area contributed by atoms with Crippen LogP contribution < -0.4 is 4.90 Å². The van der Waals surface area contributed by atoms with Gasteiger partial charge in [0.25, 0.3) is 0 Å². The lowest BCUT2D eigenvalue weighted by molar-refractivity contribution is -0.106. The van der Waals surface area contributed by atoms with Gasteiger partial charge in [0.05, 0.1) is 5.69 Å². The molecule has 1 aromatic heterocycles. The van der Waals surface area contributed by atoms with Crippen LogP contribution in [0.4, 0.5) is 15.8 Å². The number of hydrogen-bond donors (Lipinski definition) is 0. The maximum atomic E-state index is 13.4. The number of carbonyl (C=O) groups is 1. The number of thioether (sulfide) groups is 1. The fourth-order valence-corrected chi connectivity index (χ4v) is 4.05. The number of amides is 1. The highest BCUT2D eigenvalue weighted by Gasteiger charge is 2.20. The van der Waals surface area contributed by atoms with Gasteiger partial charge in [-0.15, -0.1) is 0 Å². The van der Waals surface area contributed by atoms with E-state index in [1.54, 1.807) is 23.9 Å². The third kappa shape index (κ3) is 4.06. The monoisotopic (exact) mass is 407 g/mol. The molecule has 29 heavy (non-hydrogen) atoms. The van der Waals surface area contributed by atoms with Crippen molar-refractivity contribution in [1.29, 1.82) is 5.26 Å². The summed E-state index contributed by atoms with van der Waals surface area (Å²) in [5, 5.41) is 9.58. The van der Waals surface area contributed by atoms with Gasteiger partial charge in [0.2, 0.25) is 6.41 Å². The Hall–Kier alpha value is -3.04. The zero-order valence-electron chi connectivity index (χ0n) is 16.6. The minimum atomic E-state index is -0.356. The van der Waals surface area contributed by atoms with Crippen LogP contribution in [0.2, 0.25) is 0 Å². The summed E-state index contributed by atoms with van der Waals surface area (Å²) in [6.07, 6.45) is 5.41.